The zero-order valence-electron chi connectivity index (χ0n) is 6.84. The smallest absolute Gasteiger partial charge is 0.00168 e. The highest BCUT2D eigenvalue weighted by Crippen LogP contribution is 2.24. The molecule has 0 unspecified atom stereocenters. The molecule has 1 fully saturated rings. The molecule has 10 heavy (non-hydrogen) atoms. The van der Waals surface area contributed by atoms with E-state index < -0.39 is 0 Å². The minimum absolute atomic E-state index is 0.701. The fourth-order valence-electron chi connectivity index (χ4n) is 1.69. The molecule has 0 N–H and O–H groups in total. The van der Waals surface area contributed by atoms with Gasteiger partial charge in [-0.15, -0.1) is 0 Å². The van der Waals surface area contributed by atoms with Gasteiger partial charge in [-0.1, -0.05) is 32.6 Å². The van der Waals surface area contributed by atoms with Gasteiger partial charge in [-0.3, -0.25) is 0 Å². The highest BCUT2D eigenvalue weighted by molar-refractivity contribution is 7.80. The molecule has 1 heteroatoms. The third-order valence-corrected chi connectivity index (χ3v) is 2.98. The third-order valence-electron chi connectivity index (χ3n) is 2.47. The summed E-state index contributed by atoms with van der Waals surface area (Å²) in [5.41, 5.74) is 0. The van der Waals surface area contributed by atoms with Crippen LogP contribution in [-0.2, 0) is 0 Å². The molecule has 0 aromatic carbocycles. The molecule has 0 bridgehead atoms. The van der Waals surface area contributed by atoms with Gasteiger partial charge in [0.25, 0.3) is 0 Å². The lowest BCUT2D eigenvalue weighted by Crippen LogP contribution is -2.06. The SMILES string of the molecule is CC1CCCC(S)CCC1. The number of rotatable bonds is 0. The van der Waals surface area contributed by atoms with E-state index in [0.29, 0.717) is 5.25 Å². The molecule has 0 radical (unpaired) electrons. The van der Waals surface area contributed by atoms with E-state index in [9.17, 15) is 0 Å². The van der Waals surface area contributed by atoms with E-state index in [-0.39, 0.29) is 0 Å². The highest BCUT2D eigenvalue weighted by Gasteiger charge is 2.10. The van der Waals surface area contributed by atoms with Gasteiger partial charge < -0.3 is 0 Å². The first-order chi connectivity index (χ1) is 4.79. The van der Waals surface area contributed by atoms with Crippen LogP contribution < -0.4 is 0 Å². The Morgan fingerprint density at radius 1 is 1.00 bits per heavy atom. The van der Waals surface area contributed by atoms with Gasteiger partial charge in [-0.05, 0) is 18.8 Å². The van der Waals surface area contributed by atoms with Gasteiger partial charge >= 0.3 is 0 Å². The molecule has 0 atom stereocenters. The average molecular weight is 158 g/mol. The van der Waals surface area contributed by atoms with E-state index in [4.69, 9.17) is 0 Å². The van der Waals surface area contributed by atoms with Gasteiger partial charge in [0.2, 0.25) is 0 Å². The topological polar surface area (TPSA) is 0 Å². The van der Waals surface area contributed by atoms with E-state index in [1.54, 1.807) is 0 Å². The summed E-state index contributed by atoms with van der Waals surface area (Å²) in [6, 6.07) is 0. The first-order valence-corrected chi connectivity index (χ1v) is 4.98. The second-order valence-electron chi connectivity index (χ2n) is 3.62. The monoisotopic (exact) mass is 158 g/mol. The largest absolute Gasteiger partial charge is 0.176 e. The zero-order valence-corrected chi connectivity index (χ0v) is 7.74. The van der Waals surface area contributed by atoms with E-state index in [0.717, 1.165) is 5.92 Å². The zero-order chi connectivity index (χ0) is 7.40. The predicted octanol–water partition coefficient (Wildman–Crippen LogP) is 3.28. The van der Waals surface area contributed by atoms with Gasteiger partial charge in [0.05, 0.1) is 0 Å². The lowest BCUT2D eigenvalue weighted by molar-refractivity contribution is 0.409. The summed E-state index contributed by atoms with van der Waals surface area (Å²) in [6.45, 7) is 2.37. The Balaban J connectivity index is 2.21. The molecule has 0 aromatic heterocycles. The Labute approximate surface area is 69.8 Å². The molecule has 1 saturated carbocycles. The molecule has 0 aliphatic heterocycles. The van der Waals surface area contributed by atoms with Crippen LogP contribution in [0.2, 0.25) is 0 Å². The van der Waals surface area contributed by atoms with Crippen molar-refractivity contribution in [1.29, 1.82) is 0 Å². The molecule has 0 aromatic rings. The Morgan fingerprint density at radius 2 is 1.50 bits per heavy atom. The Kier molecular flexibility index (Phi) is 3.61. The minimum atomic E-state index is 0.701. The summed E-state index contributed by atoms with van der Waals surface area (Å²) in [5, 5.41) is 0.701. The van der Waals surface area contributed by atoms with Crippen LogP contribution in [0.3, 0.4) is 0 Å². The molecule has 60 valence electrons. The van der Waals surface area contributed by atoms with Crippen LogP contribution in [0.25, 0.3) is 0 Å². The second kappa shape index (κ2) is 4.27. The van der Waals surface area contributed by atoms with E-state index in [1.165, 1.54) is 38.5 Å². The maximum absolute atomic E-state index is 4.51. The van der Waals surface area contributed by atoms with Crippen molar-refractivity contribution in [2.24, 2.45) is 5.92 Å². The standard InChI is InChI=1S/C9H18S/c1-8-4-2-6-9(10)7-3-5-8/h8-10H,2-7H2,1H3. The molecule has 0 nitrogen and oxygen atoms in total. The molecule has 0 amide bonds. The van der Waals surface area contributed by atoms with Gasteiger partial charge in [0.15, 0.2) is 0 Å². The summed E-state index contributed by atoms with van der Waals surface area (Å²) in [5.74, 6) is 0.973. The molecular formula is C9H18S. The van der Waals surface area contributed by atoms with Crippen molar-refractivity contribution >= 4 is 12.6 Å². The summed E-state index contributed by atoms with van der Waals surface area (Å²) < 4.78 is 0. The van der Waals surface area contributed by atoms with Crippen molar-refractivity contribution in [3.8, 4) is 0 Å². The first-order valence-electron chi connectivity index (χ1n) is 4.47. The minimum Gasteiger partial charge on any atom is -0.176 e. The fourth-order valence-corrected chi connectivity index (χ4v) is 2.06. The highest BCUT2D eigenvalue weighted by atomic mass is 32.1. The first kappa shape index (κ1) is 8.45. The van der Waals surface area contributed by atoms with Crippen molar-refractivity contribution < 1.29 is 0 Å². The molecule has 0 spiro atoms. The van der Waals surface area contributed by atoms with Crippen LogP contribution in [0.15, 0.2) is 0 Å². The molecule has 1 rings (SSSR count). The number of hydrogen-bond acceptors (Lipinski definition) is 1. The van der Waals surface area contributed by atoms with Crippen molar-refractivity contribution in [1.82, 2.24) is 0 Å². The maximum atomic E-state index is 4.51. The lowest BCUT2D eigenvalue weighted by atomic mass is 9.92. The van der Waals surface area contributed by atoms with Crippen LogP contribution in [0, 0.1) is 5.92 Å². The molecule has 1 aliphatic carbocycles. The second-order valence-corrected chi connectivity index (χ2v) is 4.35. The van der Waals surface area contributed by atoms with Gasteiger partial charge in [0, 0.05) is 5.25 Å². The lowest BCUT2D eigenvalue weighted by Gasteiger charge is -2.18. The Bertz CT molecular complexity index is 70.7. The van der Waals surface area contributed by atoms with Crippen LogP contribution in [0.4, 0.5) is 0 Å². The Morgan fingerprint density at radius 3 is 2.00 bits per heavy atom. The van der Waals surface area contributed by atoms with Crippen molar-refractivity contribution in [2.75, 3.05) is 0 Å². The normalized spacial score (nSPS) is 36.6. The molecule has 0 heterocycles. The predicted molar refractivity (Wildman–Crippen MR) is 49.6 cm³/mol. The molecular weight excluding hydrogens is 140 g/mol. The van der Waals surface area contributed by atoms with Crippen LogP contribution in [0.5, 0.6) is 0 Å². The fraction of sp³-hybridized carbons (Fsp3) is 1.00. The van der Waals surface area contributed by atoms with Crippen LogP contribution in [0.1, 0.15) is 45.4 Å². The van der Waals surface area contributed by atoms with E-state index >= 15 is 0 Å². The maximum Gasteiger partial charge on any atom is 0.00168 e. The summed E-state index contributed by atoms with van der Waals surface area (Å²) in [6.07, 6.45) is 8.33. The molecule has 1 aliphatic rings. The average Bonchev–Trinajstić information content (AvgIpc) is 1.84. The van der Waals surface area contributed by atoms with E-state index in [2.05, 4.69) is 19.6 Å². The quantitative estimate of drug-likeness (QED) is 0.514. The van der Waals surface area contributed by atoms with Gasteiger partial charge in [-0.25, -0.2) is 0 Å². The summed E-state index contributed by atoms with van der Waals surface area (Å²) >= 11 is 4.51. The van der Waals surface area contributed by atoms with Crippen molar-refractivity contribution in [3.63, 3.8) is 0 Å². The van der Waals surface area contributed by atoms with Crippen molar-refractivity contribution in [2.45, 2.75) is 50.7 Å². The van der Waals surface area contributed by atoms with Crippen LogP contribution in [-0.4, -0.2) is 5.25 Å². The number of hydrogen-bond donors (Lipinski definition) is 1. The molecule has 0 saturated heterocycles. The summed E-state index contributed by atoms with van der Waals surface area (Å²) in [7, 11) is 0. The van der Waals surface area contributed by atoms with Crippen LogP contribution >= 0.6 is 12.6 Å². The van der Waals surface area contributed by atoms with Gasteiger partial charge in [0.1, 0.15) is 0 Å². The number of thiol groups is 1. The van der Waals surface area contributed by atoms with Crippen molar-refractivity contribution in [3.05, 3.63) is 0 Å². The third kappa shape index (κ3) is 2.96. The van der Waals surface area contributed by atoms with E-state index in [1.807, 2.05) is 0 Å². The van der Waals surface area contributed by atoms with Gasteiger partial charge in [-0.2, -0.15) is 12.6 Å². The summed E-state index contributed by atoms with van der Waals surface area (Å²) in [4.78, 5) is 0. The Hall–Kier alpha value is 0.350.